The smallest absolute Gasteiger partial charge is 0.247 e. The fraction of sp³-hybridized carbons (Fsp3) is 0.200. The van der Waals surface area contributed by atoms with E-state index in [1.54, 1.807) is 6.07 Å². The van der Waals surface area contributed by atoms with Crippen molar-refractivity contribution in [3.05, 3.63) is 47.1 Å². The maximum atomic E-state index is 11.9. The first-order valence-electron chi connectivity index (χ1n) is 7.23. The van der Waals surface area contributed by atoms with Crippen LogP contribution in [0.2, 0.25) is 0 Å². The van der Waals surface area contributed by atoms with Crippen molar-refractivity contribution in [2.45, 2.75) is 23.6 Å². The largest absolute Gasteiger partial charge is 0.351 e. The third kappa shape index (κ3) is 3.99. The molecular formula is C15H16N4O3S2. The Bertz CT molecular complexity index is 942. The summed E-state index contributed by atoms with van der Waals surface area (Å²) in [5.41, 5.74) is 1.82. The zero-order chi connectivity index (χ0) is 17.2. The highest BCUT2D eigenvalue weighted by atomic mass is 32.2. The number of imidazole rings is 1. The molecule has 0 aliphatic rings. The fourth-order valence-corrected chi connectivity index (χ4v) is 3.95. The van der Waals surface area contributed by atoms with E-state index in [0.29, 0.717) is 12.8 Å². The number of primary sulfonamides is 1. The summed E-state index contributed by atoms with van der Waals surface area (Å²) in [6.45, 7) is 0.277. The van der Waals surface area contributed by atoms with E-state index in [9.17, 15) is 13.2 Å². The Hall–Kier alpha value is -2.23. The number of H-pyrrole nitrogens is 1. The van der Waals surface area contributed by atoms with Crippen LogP contribution in [0, 0.1) is 0 Å². The van der Waals surface area contributed by atoms with Gasteiger partial charge in [-0.25, -0.2) is 18.5 Å². The van der Waals surface area contributed by atoms with Gasteiger partial charge in [0.15, 0.2) is 0 Å². The van der Waals surface area contributed by atoms with Crippen molar-refractivity contribution in [2.75, 3.05) is 0 Å². The summed E-state index contributed by atoms with van der Waals surface area (Å²) in [5, 5.41) is 7.82. The lowest BCUT2D eigenvalue weighted by atomic mass is 10.3. The van der Waals surface area contributed by atoms with Gasteiger partial charge in [-0.05, 0) is 24.3 Å². The number of fused-ring (bicyclic) bond motifs is 1. The van der Waals surface area contributed by atoms with Crippen LogP contribution in [0.5, 0.6) is 0 Å². The van der Waals surface area contributed by atoms with Crippen molar-refractivity contribution < 1.29 is 13.2 Å². The number of thiophene rings is 1. The van der Waals surface area contributed by atoms with Gasteiger partial charge in [0.05, 0.1) is 17.6 Å². The Kier molecular flexibility index (Phi) is 4.65. The number of aromatic amines is 1. The predicted octanol–water partition coefficient (Wildman–Crippen LogP) is 1.52. The van der Waals surface area contributed by atoms with Crippen molar-refractivity contribution in [1.82, 2.24) is 15.3 Å². The fourth-order valence-electron chi connectivity index (χ4n) is 2.24. The first-order valence-corrected chi connectivity index (χ1v) is 9.60. The molecule has 4 N–H and O–H groups in total. The number of benzene rings is 1. The molecule has 0 bridgehead atoms. The first kappa shape index (κ1) is 16.6. The van der Waals surface area contributed by atoms with E-state index in [2.05, 4.69) is 15.3 Å². The minimum Gasteiger partial charge on any atom is -0.351 e. The number of nitrogens with two attached hydrogens (primary N) is 1. The second-order valence-electron chi connectivity index (χ2n) is 5.24. The minimum absolute atomic E-state index is 0.0917. The lowest BCUT2D eigenvalue weighted by Gasteiger charge is -2.02. The predicted molar refractivity (Wildman–Crippen MR) is 92.0 cm³/mol. The summed E-state index contributed by atoms with van der Waals surface area (Å²) in [7, 11) is -3.69. The molecule has 0 saturated carbocycles. The lowest BCUT2D eigenvalue weighted by molar-refractivity contribution is -0.121. The van der Waals surface area contributed by atoms with Crippen LogP contribution >= 0.6 is 11.3 Å². The SMILES string of the molecule is NS(=O)(=O)c1ccc(CNC(=O)CCc2nc3ccccc3[nH]2)s1. The Balaban J connectivity index is 1.51. The van der Waals surface area contributed by atoms with Crippen molar-refractivity contribution in [3.8, 4) is 0 Å². The zero-order valence-corrected chi connectivity index (χ0v) is 14.3. The standard InChI is InChI=1S/C15H16N4O3S2/c16-24(21,22)15-8-5-10(23-15)9-17-14(20)7-6-13-18-11-3-1-2-4-12(11)19-13/h1-5,8H,6-7,9H2,(H,17,20)(H,18,19)(H2,16,21,22). The maximum Gasteiger partial charge on any atom is 0.247 e. The zero-order valence-electron chi connectivity index (χ0n) is 12.7. The summed E-state index contributed by atoms with van der Waals surface area (Å²) >= 11 is 1.05. The van der Waals surface area contributed by atoms with Crippen LogP contribution in [0.1, 0.15) is 17.1 Å². The van der Waals surface area contributed by atoms with E-state index in [1.165, 1.54) is 6.07 Å². The van der Waals surface area contributed by atoms with Crippen LogP contribution in [0.4, 0.5) is 0 Å². The van der Waals surface area contributed by atoms with Gasteiger partial charge in [-0.2, -0.15) is 0 Å². The number of para-hydroxylation sites is 2. The van der Waals surface area contributed by atoms with E-state index < -0.39 is 10.0 Å². The molecule has 3 aromatic rings. The summed E-state index contributed by atoms with van der Waals surface area (Å²) in [6, 6.07) is 10.8. The summed E-state index contributed by atoms with van der Waals surface area (Å²) in [4.78, 5) is 20.2. The minimum atomic E-state index is -3.69. The summed E-state index contributed by atoms with van der Waals surface area (Å²) < 4.78 is 22.5. The Labute approximate surface area is 143 Å². The molecule has 9 heteroatoms. The van der Waals surface area contributed by atoms with Crippen molar-refractivity contribution in [1.29, 1.82) is 0 Å². The summed E-state index contributed by atoms with van der Waals surface area (Å²) in [5.74, 6) is 0.639. The van der Waals surface area contributed by atoms with Gasteiger partial charge in [-0.3, -0.25) is 4.79 Å². The third-order valence-electron chi connectivity index (χ3n) is 3.40. The molecule has 0 aliphatic carbocycles. The van der Waals surface area contributed by atoms with Crippen LogP contribution in [-0.4, -0.2) is 24.3 Å². The van der Waals surface area contributed by atoms with Crippen LogP contribution in [0.3, 0.4) is 0 Å². The van der Waals surface area contributed by atoms with Crippen LogP contribution in [0.25, 0.3) is 11.0 Å². The highest BCUT2D eigenvalue weighted by Crippen LogP contribution is 2.20. The molecule has 0 spiro atoms. The molecule has 126 valence electrons. The molecule has 7 nitrogen and oxygen atoms in total. The Morgan fingerprint density at radius 3 is 2.75 bits per heavy atom. The molecule has 0 atom stereocenters. The van der Waals surface area contributed by atoms with Gasteiger partial charge in [0, 0.05) is 17.7 Å². The van der Waals surface area contributed by atoms with Crippen molar-refractivity contribution >= 4 is 38.3 Å². The molecule has 1 amide bonds. The van der Waals surface area contributed by atoms with Crippen LogP contribution in [0.15, 0.2) is 40.6 Å². The molecule has 0 saturated heterocycles. The van der Waals surface area contributed by atoms with Crippen LogP contribution < -0.4 is 10.5 Å². The number of aryl methyl sites for hydroxylation is 1. The second kappa shape index (κ2) is 6.71. The molecule has 0 unspecified atom stereocenters. The molecule has 1 aromatic carbocycles. The number of amides is 1. The van der Waals surface area contributed by atoms with Gasteiger partial charge in [0.2, 0.25) is 15.9 Å². The number of carbonyl (C=O) groups excluding carboxylic acids is 1. The molecule has 0 radical (unpaired) electrons. The average molecular weight is 364 g/mol. The number of nitrogens with zero attached hydrogens (tertiary/aromatic N) is 1. The van der Waals surface area contributed by atoms with Gasteiger partial charge in [0.1, 0.15) is 10.0 Å². The lowest BCUT2D eigenvalue weighted by Crippen LogP contribution is -2.22. The number of hydrogen-bond donors (Lipinski definition) is 3. The van der Waals surface area contributed by atoms with E-state index in [0.717, 1.165) is 33.1 Å². The quantitative estimate of drug-likeness (QED) is 0.614. The number of sulfonamides is 1. The number of aromatic nitrogens is 2. The number of rotatable bonds is 6. The molecule has 0 aliphatic heterocycles. The van der Waals surface area contributed by atoms with Gasteiger partial charge in [-0.15, -0.1) is 11.3 Å². The molecule has 2 aromatic heterocycles. The molecule has 3 rings (SSSR count). The Morgan fingerprint density at radius 1 is 1.25 bits per heavy atom. The van der Waals surface area contributed by atoms with Crippen molar-refractivity contribution in [2.24, 2.45) is 5.14 Å². The van der Waals surface area contributed by atoms with Crippen LogP contribution in [-0.2, 0) is 27.8 Å². The summed E-state index contributed by atoms with van der Waals surface area (Å²) in [6.07, 6.45) is 0.806. The molecule has 24 heavy (non-hydrogen) atoms. The van der Waals surface area contributed by atoms with E-state index in [4.69, 9.17) is 5.14 Å². The Morgan fingerprint density at radius 2 is 2.04 bits per heavy atom. The normalized spacial score (nSPS) is 11.7. The molecular weight excluding hydrogens is 348 g/mol. The maximum absolute atomic E-state index is 11.9. The van der Waals surface area contributed by atoms with Gasteiger partial charge >= 0.3 is 0 Å². The molecule has 2 heterocycles. The molecule has 0 fully saturated rings. The van der Waals surface area contributed by atoms with E-state index >= 15 is 0 Å². The van der Waals surface area contributed by atoms with Crippen molar-refractivity contribution in [3.63, 3.8) is 0 Å². The topological polar surface area (TPSA) is 118 Å². The number of nitrogens with one attached hydrogen (secondary N) is 2. The second-order valence-corrected chi connectivity index (χ2v) is 8.20. The van der Waals surface area contributed by atoms with E-state index in [1.807, 2.05) is 24.3 Å². The number of carbonyl (C=O) groups is 1. The third-order valence-corrected chi connectivity index (χ3v) is 5.93. The number of hydrogen-bond acceptors (Lipinski definition) is 5. The monoisotopic (exact) mass is 364 g/mol. The van der Waals surface area contributed by atoms with Gasteiger partial charge in [-0.1, -0.05) is 12.1 Å². The van der Waals surface area contributed by atoms with Gasteiger partial charge < -0.3 is 10.3 Å². The highest BCUT2D eigenvalue weighted by Gasteiger charge is 2.12. The first-order chi connectivity index (χ1) is 11.4. The van der Waals surface area contributed by atoms with Gasteiger partial charge in [0.25, 0.3) is 0 Å². The highest BCUT2D eigenvalue weighted by molar-refractivity contribution is 7.91. The van der Waals surface area contributed by atoms with E-state index in [-0.39, 0.29) is 16.7 Å². The average Bonchev–Trinajstić information content (AvgIpc) is 3.16.